The second kappa shape index (κ2) is 6.79. The summed E-state index contributed by atoms with van der Waals surface area (Å²) in [4.78, 5) is 23.2. The van der Waals surface area contributed by atoms with E-state index in [0.29, 0.717) is 10.9 Å². The average Bonchev–Trinajstić information content (AvgIpc) is 2.99. The molecular weight excluding hydrogens is 341 g/mol. The monoisotopic (exact) mass is 355 g/mol. The lowest BCUT2D eigenvalue weighted by molar-refractivity contribution is -0.385. The van der Waals surface area contributed by atoms with Gasteiger partial charge in [-0.05, 0) is 37.3 Å². The standard InChI is InChI=1S/C19H14FNO5/c1-3-11-9-14-16(10-15(11)21(23)24)26-18(17(14)19(22)25-4-2)12-5-7-13(20)8-6-12/h3,5-10H,1,4H2,2H3. The predicted molar refractivity (Wildman–Crippen MR) is 94.3 cm³/mol. The van der Waals surface area contributed by atoms with Gasteiger partial charge in [-0.1, -0.05) is 12.7 Å². The van der Waals surface area contributed by atoms with Crippen LogP contribution in [0.3, 0.4) is 0 Å². The fraction of sp³-hybridized carbons (Fsp3) is 0.105. The number of hydrogen-bond acceptors (Lipinski definition) is 5. The van der Waals surface area contributed by atoms with E-state index in [1.807, 2.05) is 0 Å². The molecule has 0 bridgehead atoms. The maximum absolute atomic E-state index is 13.2. The molecule has 0 saturated carbocycles. The highest BCUT2D eigenvalue weighted by Gasteiger charge is 2.26. The van der Waals surface area contributed by atoms with Crippen molar-refractivity contribution in [2.24, 2.45) is 0 Å². The molecular formula is C19H14FNO5. The van der Waals surface area contributed by atoms with Gasteiger partial charge >= 0.3 is 5.97 Å². The predicted octanol–water partition coefficient (Wildman–Crippen LogP) is 4.97. The number of nitro benzene ring substituents is 1. The first-order chi connectivity index (χ1) is 12.5. The van der Waals surface area contributed by atoms with Crippen LogP contribution in [0.4, 0.5) is 10.1 Å². The van der Waals surface area contributed by atoms with E-state index in [1.165, 1.54) is 42.5 Å². The van der Waals surface area contributed by atoms with Crippen molar-refractivity contribution in [2.75, 3.05) is 6.61 Å². The maximum atomic E-state index is 13.2. The number of benzene rings is 2. The number of rotatable bonds is 5. The van der Waals surface area contributed by atoms with E-state index < -0.39 is 16.7 Å². The zero-order valence-electron chi connectivity index (χ0n) is 13.8. The summed E-state index contributed by atoms with van der Waals surface area (Å²) in [5.74, 6) is -0.907. The molecule has 0 atom stereocenters. The van der Waals surface area contributed by atoms with E-state index in [9.17, 15) is 19.3 Å². The Kier molecular flexibility index (Phi) is 4.53. The van der Waals surface area contributed by atoms with Crippen molar-refractivity contribution in [3.63, 3.8) is 0 Å². The van der Waals surface area contributed by atoms with Crippen molar-refractivity contribution < 1.29 is 23.3 Å². The summed E-state index contributed by atoms with van der Waals surface area (Å²) in [5.41, 5.74) is 0.798. The van der Waals surface area contributed by atoms with Crippen LogP contribution in [0.1, 0.15) is 22.8 Å². The minimum atomic E-state index is -0.630. The Morgan fingerprint density at radius 3 is 2.62 bits per heavy atom. The number of esters is 1. The molecule has 0 aliphatic rings. The van der Waals surface area contributed by atoms with Crippen molar-refractivity contribution in [1.29, 1.82) is 0 Å². The lowest BCUT2D eigenvalue weighted by Crippen LogP contribution is -2.05. The van der Waals surface area contributed by atoms with Crippen LogP contribution in [0.2, 0.25) is 0 Å². The quantitative estimate of drug-likeness (QED) is 0.367. The number of carbonyl (C=O) groups is 1. The molecule has 0 fully saturated rings. The number of fused-ring (bicyclic) bond motifs is 1. The number of carbonyl (C=O) groups excluding carboxylic acids is 1. The summed E-state index contributed by atoms with van der Waals surface area (Å²) in [7, 11) is 0. The Labute approximate surface area is 147 Å². The Balaban J connectivity index is 2.34. The van der Waals surface area contributed by atoms with Gasteiger partial charge in [0.2, 0.25) is 0 Å². The summed E-state index contributed by atoms with van der Waals surface area (Å²) in [6, 6.07) is 8.08. The summed E-state index contributed by atoms with van der Waals surface area (Å²) in [6.45, 7) is 5.39. The molecule has 1 heterocycles. The topological polar surface area (TPSA) is 82.6 Å². The van der Waals surface area contributed by atoms with Crippen LogP contribution in [-0.4, -0.2) is 17.5 Å². The Morgan fingerprint density at radius 2 is 2.04 bits per heavy atom. The molecule has 0 amide bonds. The van der Waals surface area contributed by atoms with Crippen LogP contribution < -0.4 is 0 Å². The van der Waals surface area contributed by atoms with Crippen LogP contribution in [0.25, 0.3) is 28.4 Å². The fourth-order valence-electron chi connectivity index (χ4n) is 2.68. The molecule has 1 aromatic heterocycles. The first kappa shape index (κ1) is 17.3. The van der Waals surface area contributed by atoms with E-state index in [2.05, 4.69) is 6.58 Å². The normalized spacial score (nSPS) is 10.7. The smallest absolute Gasteiger partial charge is 0.342 e. The molecule has 26 heavy (non-hydrogen) atoms. The van der Waals surface area contributed by atoms with E-state index in [0.717, 1.165) is 0 Å². The molecule has 0 saturated heterocycles. The highest BCUT2D eigenvalue weighted by atomic mass is 19.1. The third-order valence-electron chi connectivity index (χ3n) is 3.84. The molecule has 3 aromatic rings. The summed E-state index contributed by atoms with van der Waals surface area (Å²) < 4.78 is 24.0. The second-order valence-corrected chi connectivity index (χ2v) is 5.40. The van der Waals surface area contributed by atoms with Gasteiger partial charge < -0.3 is 9.15 Å². The van der Waals surface area contributed by atoms with Crippen molar-refractivity contribution in [3.05, 3.63) is 70.0 Å². The van der Waals surface area contributed by atoms with Gasteiger partial charge in [-0.3, -0.25) is 10.1 Å². The molecule has 6 nitrogen and oxygen atoms in total. The van der Waals surface area contributed by atoms with Gasteiger partial charge in [0.15, 0.2) is 0 Å². The minimum absolute atomic E-state index is 0.131. The van der Waals surface area contributed by atoms with E-state index in [1.54, 1.807) is 6.92 Å². The molecule has 0 aliphatic carbocycles. The molecule has 2 aromatic carbocycles. The van der Waals surface area contributed by atoms with Crippen molar-refractivity contribution in [1.82, 2.24) is 0 Å². The molecule has 0 aliphatic heterocycles. The number of ether oxygens (including phenoxy) is 1. The van der Waals surface area contributed by atoms with Crippen molar-refractivity contribution in [3.8, 4) is 11.3 Å². The van der Waals surface area contributed by atoms with Gasteiger partial charge in [0, 0.05) is 10.9 Å². The second-order valence-electron chi connectivity index (χ2n) is 5.40. The lowest BCUT2D eigenvalue weighted by Gasteiger charge is -2.04. The summed E-state index contributed by atoms with van der Waals surface area (Å²) in [6.07, 6.45) is 1.33. The minimum Gasteiger partial charge on any atom is -0.462 e. The third kappa shape index (κ3) is 2.95. The van der Waals surface area contributed by atoms with Gasteiger partial charge in [0.25, 0.3) is 5.69 Å². The van der Waals surface area contributed by atoms with E-state index >= 15 is 0 Å². The Morgan fingerprint density at radius 1 is 1.35 bits per heavy atom. The van der Waals surface area contributed by atoms with Crippen LogP contribution >= 0.6 is 0 Å². The van der Waals surface area contributed by atoms with E-state index in [-0.39, 0.29) is 34.8 Å². The highest BCUT2D eigenvalue weighted by molar-refractivity contribution is 6.09. The zero-order chi connectivity index (χ0) is 18.8. The fourth-order valence-corrected chi connectivity index (χ4v) is 2.68. The molecule has 0 N–H and O–H groups in total. The zero-order valence-corrected chi connectivity index (χ0v) is 13.8. The lowest BCUT2D eigenvalue weighted by atomic mass is 10.0. The summed E-state index contributed by atoms with van der Waals surface area (Å²) in [5, 5.41) is 11.6. The molecule has 0 unspecified atom stereocenters. The van der Waals surface area contributed by atoms with Gasteiger partial charge in [-0.15, -0.1) is 0 Å². The van der Waals surface area contributed by atoms with Crippen LogP contribution in [-0.2, 0) is 4.74 Å². The van der Waals surface area contributed by atoms with Gasteiger partial charge in [-0.25, -0.2) is 9.18 Å². The first-order valence-corrected chi connectivity index (χ1v) is 7.76. The summed E-state index contributed by atoms with van der Waals surface area (Å²) >= 11 is 0. The number of halogens is 1. The number of nitro groups is 1. The molecule has 0 radical (unpaired) electrons. The SMILES string of the molecule is C=Cc1cc2c(C(=O)OCC)c(-c3ccc(F)cc3)oc2cc1[N+](=O)[O-]. The highest BCUT2D eigenvalue weighted by Crippen LogP contribution is 2.37. The van der Waals surface area contributed by atoms with Gasteiger partial charge in [0.1, 0.15) is 22.7 Å². The molecule has 7 heteroatoms. The molecule has 132 valence electrons. The number of furan rings is 1. The number of nitrogens with zero attached hydrogens (tertiary/aromatic N) is 1. The maximum Gasteiger partial charge on any atom is 0.342 e. The molecule has 3 rings (SSSR count). The first-order valence-electron chi connectivity index (χ1n) is 7.76. The molecule has 0 spiro atoms. The van der Waals surface area contributed by atoms with Crippen LogP contribution in [0, 0.1) is 15.9 Å². The van der Waals surface area contributed by atoms with E-state index in [4.69, 9.17) is 9.15 Å². The van der Waals surface area contributed by atoms with Gasteiger partial charge in [-0.2, -0.15) is 0 Å². The van der Waals surface area contributed by atoms with Crippen LogP contribution in [0.15, 0.2) is 47.4 Å². The van der Waals surface area contributed by atoms with Crippen molar-refractivity contribution in [2.45, 2.75) is 6.92 Å². The van der Waals surface area contributed by atoms with Crippen LogP contribution in [0.5, 0.6) is 0 Å². The Bertz CT molecular complexity index is 1020. The Hall–Kier alpha value is -3.48. The average molecular weight is 355 g/mol. The third-order valence-corrected chi connectivity index (χ3v) is 3.84. The van der Waals surface area contributed by atoms with Crippen molar-refractivity contribution >= 4 is 28.7 Å². The van der Waals surface area contributed by atoms with Gasteiger partial charge in [0.05, 0.1) is 23.2 Å². The number of hydrogen-bond donors (Lipinski definition) is 0. The largest absolute Gasteiger partial charge is 0.462 e.